The molecule has 1 aliphatic rings. The van der Waals surface area contributed by atoms with E-state index in [1.165, 1.54) is 5.56 Å². The molecule has 0 spiro atoms. The van der Waals surface area contributed by atoms with E-state index in [2.05, 4.69) is 32.2 Å². The number of aliphatic hydroxyl groups is 1. The van der Waals surface area contributed by atoms with E-state index >= 15 is 0 Å². The Bertz CT molecular complexity index is 480. The second-order valence-corrected chi connectivity index (χ2v) is 5.77. The van der Waals surface area contributed by atoms with Crippen LogP contribution in [0.3, 0.4) is 0 Å². The van der Waals surface area contributed by atoms with Crippen LogP contribution in [0, 0.1) is 5.92 Å². The van der Waals surface area contributed by atoms with Crippen LogP contribution in [0.2, 0.25) is 0 Å². The third-order valence-electron chi connectivity index (χ3n) is 3.66. The smallest absolute Gasteiger partial charge is 0.224 e. The summed E-state index contributed by atoms with van der Waals surface area (Å²) in [4.78, 5) is 11.6. The van der Waals surface area contributed by atoms with Gasteiger partial charge in [0.2, 0.25) is 5.91 Å². The van der Waals surface area contributed by atoms with Gasteiger partial charge in [-0.15, -0.1) is 0 Å². The minimum atomic E-state index is -0.501. The maximum atomic E-state index is 11.6. The Morgan fingerprint density at radius 1 is 1.32 bits per heavy atom. The summed E-state index contributed by atoms with van der Waals surface area (Å²) in [6, 6.07) is 4.19. The van der Waals surface area contributed by atoms with Crippen molar-refractivity contribution in [3.63, 3.8) is 0 Å². The number of aliphatic hydroxyl groups excluding tert-OH is 1. The number of hydrogen-bond donors (Lipinski definition) is 2. The standard InChI is InChI=1S/C16H23NO2/c1-4-11-8-12-5-6-15(19)17-16(12)13(9-11)14(18)7-10(2)3/h8-10,14,18H,4-7H2,1-3H3,(H,17,19). The number of nitrogens with one attached hydrogen (secondary N) is 1. The van der Waals surface area contributed by atoms with Crippen molar-refractivity contribution in [2.45, 2.75) is 52.6 Å². The van der Waals surface area contributed by atoms with E-state index in [1.807, 2.05) is 6.07 Å². The molecule has 0 saturated heterocycles. The lowest BCUT2D eigenvalue weighted by Gasteiger charge is -2.24. The minimum absolute atomic E-state index is 0.0507. The Morgan fingerprint density at radius 3 is 2.68 bits per heavy atom. The number of amides is 1. The zero-order valence-electron chi connectivity index (χ0n) is 12.0. The van der Waals surface area contributed by atoms with Crippen molar-refractivity contribution >= 4 is 11.6 Å². The molecule has 1 amide bonds. The zero-order valence-corrected chi connectivity index (χ0v) is 12.0. The van der Waals surface area contributed by atoms with Gasteiger partial charge in [0.05, 0.1) is 6.10 Å². The van der Waals surface area contributed by atoms with E-state index < -0.39 is 6.10 Å². The Balaban J connectivity index is 2.42. The molecule has 0 bridgehead atoms. The first-order chi connectivity index (χ1) is 9.01. The predicted molar refractivity (Wildman–Crippen MR) is 77.2 cm³/mol. The molecular weight excluding hydrogens is 238 g/mol. The summed E-state index contributed by atoms with van der Waals surface area (Å²) in [5.41, 5.74) is 4.13. The highest BCUT2D eigenvalue weighted by molar-refractivity contribution is 5.95. The summed E-state index contributed by atoms with van der Waals surface area (Å²) in [6.45, 7) is 6.30. The van der Waals surface area contributed by atoms with Gasteiger partial charge in [-0.3, -0.25) is 4.79 Å². The highest BCUT2D eigenvalue weighted by Gasteiger charge is 2.22. The topological polar surface area (TPSA) is 49.3 Å². The average molecular weight is 261 g/mol. The van der Waals surface area contributed by atoms with Gasteiger partial charge in [-0.05, 0) is 36.3 Å². The minimum Gasteiger partial charge on any atom is -0.388 e. The summed E-state index contributed by atoms with van der Waals surface area (Å²) in [7, 11) is 0. The van der Waals surface area contributed by atoms with Gasteiger partial charge >= 0.3 is 0 Å². The van der Waals surface area contributed by atoms with Crippen LogP contribution in [0.5, 0.6) is 0 Å². The zero-order chi connectivity index (χ0) is 14.0. The lowest BCUT2D eigenvalue weighted by molar-refractivity contribution is -0.116. The number of rotatable bonds is 4. The van der Waals surface area contributed by atoms with Crippen LogP contribution in [-0.2, 0) is 17.6 Å². The van der Waals surface area contributed by atoms with Crippen molar-refractivity contribution in [2.24, 2.45) is 5.92 Å². The number of carbonyl (C=O) groups is 1. The monoisotopic (exact) mass is 261 g/mol. The molecule has 0 aromatic heterocycles. The van der Waals surface area contributed by atoms with Crippen LogP contribution < -0.4 is 5.32 Å². The Hall–Kier alpha value is -1.35. The molecule has 0 radical (unpaired) electrons. The average Bonchev–Trinajstić information content (AvgIpc) is 2.36. The van der Waals surface area contributed by atoms with Gasteiger partial charge in [0.15, 0.2) is 0 Å². The van der Waals surface area contributed by atoms with Gasteiger partial charge < -0.3 is 10.4 Å². The first-order valence-electron chi connectivity index (χ1n) is 7.14. The second-order valence-electron chi connectivity index (χ2n) is 5.77. The van der Waals surface area contributed by atoms with Crippen LogP contribution in [0.15, 0.2) is 12.1 Å². The van der Waals surface area contributed by atoms with E-state index in [4.69, 9.17) is 0 Å². The van der Waals surface area contributed by atoms with E-state index in [-0.39, 0.29) is 5.91 Å². The first-order valence-corrected chi connectivity index (χ1v) is 7.14. The van der Waals surface area contributed by atoms with Crippen LogP contribution in [0.25, 0.3) is 0 Å². The molecule has 1 aliphatic heterocycles. The number of aryl methyl sites for hydroxylation is 2. The largest absolute Gasteiger partial charge is 0.388 e. The molecule has 1 unspecified atom stereocenters. The molecule has 1 aromatic carbocycles. The third-order valence-corrected chi connectivity index (χ3v) is 3.66. The molecule has 2 N–H and O–H groups in total. The van der Waals surface area contributed by atoms with Crippen LogP contribution in [0.1, 0.15) is 56.4 Å². The van der Waals surface area contributed by atoms with Gasteiger partial charge in [0.1, 0.15) is 0 Å². The van der Waals surface area contributed by atoms with Gasteiger partial charge in [-0.1, -0.05) is 32.9 Å². The van der Waals surface area contributed by atoms with Crippen molar-refractivity contribution in [1.29, 1.82) is 0 Å². The second kappa shape index (κ2) is 5.74. The summed E-state index contributed by atoms with van der Waals surface area (Å²) < 4.78 is 0. The van der Waals surface area contributed by atoms with Gasteiger partial charge in [-0.25, -0.2) is 0 Å². The number of hydrogen-bond acceptors (Lipinski definition) is 2. The number of carbonyl (C=O) groups excluding carboxylic acids is 1. The molecule has 3 heteroatoms. The van der Waals surface area contributed by atoms with Crippen molar-refractivity contribution < 1.29 is 9.90 Å². The molecule has 1 heterocycles. The molecule has 0 saturated carbocycles. The SMILES string of the molecule is CCc1cc2c(c(C(O)CC(C)C)c1)NC(=O)CC2. The van der Waals surface area contributed by atoms with Gasteiger partial charge in [0, 0.05) is 17.7 Å². The lowest BCUT2D eigenvalue weighted by Crippen LogP contribution is -2.22. The molecule has 2 rings (SSSR count). The fourth-order valence-electron chi connectivity index (χ4n) is 2.64. The van der Waals surface area contributed by atoms with Gasteiger partial charge in [0.25, 0.3) is 0 Å². The third kappa shape index (κ3) is 3.16. The fourth-order valence-corrected chi connectivity index (χ4v) is 2.64. The number of anilines is 1. The fraction of sp³-hybridized carbons (Fsp3) is 0.562. The molecule has 0 fully saturated rings. The summed E-state index contributed by atoms with van der Waals surface area (Å²) in [6.07, 6.45) is 2.48. The lowest BCUT2D eigenvalue weighted by atomic mass is 9.90. The van der Waals surface area contributed by atoms with Crippen molar-refractivity contribution in [2.75, 3.05) is 5.32 Å². The maximum Gasteiger partial charge on any atom is 0.224 e. The molecule has 1 atom stereocenters. The number of fused-ring (bicyclic) bond motifs is 1. The molecule has 3 nitrogen and oxygen atoms in total. The van der Waals surface area contributed by atoms with Crippen LogP contribution in [0.4, 0.5) is 5.69 Å². The summed E-state index contributed by atoms with van der Waals surface area (Å²) in [5.74, 6) is 0.477. The van der Waals surface area contributed by atoms with Crippen molar-refractivity contribution in [3.05, 3.63) is 28.8 Å². The predicted octanol–water partition coefficient (Wildman–Crippen LogP) is 3.21. The molecular formula is C16H23NO2. The number of benzene rings is 1. The quantitative estimate of drug-likeness (QED) is 0.874. The Kier molecular flexibility index (Phi) is 4.25. The van der Waals surface area contributed by atoms with Crippen LogP contribution in [-0.4, -0.2) is 11.0 Å². The van der Waals surface area contributed by atoms with Crippen LogP contribution >= 0.6 is 0 Å². The Labute approximate surface area is 115 Å². The molecule has 104 valence electrons. The van der Waals surface area contributed by atoms with E-state index in [0.717, 1.165) is 36.1 Å². The summed E-state index contributed by atoms with van der Waals surface area (Å²) >= 11 is 0. The van der Waals surface area contributed by atoms with Gasteiger partial charge in [-0.2, -0.15) is 0 Å². The van der Waals surface area contributed by atoms with E-state index in [0.29, 0.717) is 12.3 Å². The van der Waals surface area contributed by atoms with E-state index in [1.54, 1.807) is 0 Å². The van der Waals surface area contributed by atoms with E-state index in [9.17, 15) is 9.90 Å². The highest BCUT2D eigenvalue weighted by Crippen LogP contribution is 2.34. The molecule has 1 aromatic rings. The van der Waals surface area contributed by atoms with Crippen molar-refractivity contribution in [1.82, 2.24) is 0 Å². The maximum absolute atomic E-state index is 11.6. The first kappa shape index (κ1) is 14.1. The van der Waals surface area contributed by atoms with Crippen molar-refractivity contribution in [3.8, 4) is 0 Å². The summed E-state index contributed by atoms with van der Waals surface area (Å²) in [5, 5.41) is 13.3. The highest BCUT2D eigenvalue weighted by atomic mass is 16.3. The molecule has 19 heavy (non-hydrogen) atoms. The molecule has 0 aliphatic carbocycles. The Morgan fingerprint density at radius 2 is 2.05 bits per heavy atom. The normalized spacial score (nSPS) is 16.2.